The molecule has 2 aromatic rings. The number of carbonyl (C=O) groups is 1. The van der Waals surface area contributed by atoms with Crippen molar-refractivity contribution in [3.8, 4) is 0 Å². The lowest BCUT2D eigenvalue weighted by atomic mass is 9.77. The molecular weight excluding hydrogens is 364 g/mol. The Morgan fingerprint density at radius 2 is 2.07 bits per heavy atom. The summed E-state index contributed by atoms with van der Waals surface area (Å²) in [6.07, 6.45) is 8.21. The van der Waals surface area contributed by atoms with E-state index in [9.17, 15) is 4.79 Å². The molecular formula is C22H30N6O. The Labute approximate surface area is 171 Å². The van der Waals surface area contributed by atoms with Gasteiger partial charge in [-0.05, 0) is 57.4 Å². The van der Waals surface area contributed by atoms with Crippen molar-refractivity contribution in [3.05, 3.63) is 34.0 Å². The molecule has 2 aliphatic carbocycles. The predicted octanol–water partition coefficient (Wildman–Crippen LogP) is 2.83. The van der Waals surface area contributed by atoms with Gasteiger partial charge in [0.2, 0.25) is 5.91 Å². The number of anilines is 1. The van der Waals surface area contributed by atoms with Crippen LogP contribution in [0.2, 0.25) is 0 Å². The topological polar surface area (TPSA) is 86.8 Å². The third-order valence-corrected chi connectivity index (χ3v) is 7.02. The molecule has 1 fully saturated rings. The van der Waals surface area contributed by atoms with Gasteiger partial charge < -0.3 is 10.2 Å². The van der Waals surface area contributed by atoms with Gasteiger partial charge in [-0.2, -0.15) is 5.10 Å². The number of rotatable bonds is 4. The lowest BCUT2D eigenvalue weighted by molar-refractivity contribution is -0.133. The van der Waals surface area contributed by atoms with E-state index >= 15 is 0 Å². The SMILES string of the molecule is CCC(=O)N1CCCC2(CCc3c(NCc4n[nH]c5c4CCC5)nc(C)nc32)C1. The number of aromatic amines is 1. The van der Waals surface area contributed by atoms with E-state index in [2.05, 4.69) is 20.4 Å². The third-order valence-electron chi connectivity index (χ3n) is 7.02. The quantitative estimate of drug-likeness (QED) is 0.833. The predicted molar refractivity (Wildman–Crippen MR) is 111 cm³/mol. The van der Waals surface area contributed by atoms with E-state index in [4.69, 9.17) is 9.97 Å². The second-order valence-corrected chi connectivity index (χ2v) is 8.83. The zero-order valence-corrected chi connectivity index (χ0v) is 17.5. The number of nitrogens with zero attached hydrogens (tertiary/aromatic N) is 4. The molecule has 0 saturated carbocycles. The van der Waals surface area contributed by atoms with Gasteiger partial charge in [-0.3, -0.25) is 9.89 Å². The number of H-pyrrole nitrogens is 1. The van der Waals surface area contributed by atoms with Crippen molar-refractivity contribution in [1.29, 1.82) is 0 Å². The van der Waals surface area contributed by atoms with Crippen molar-refractivity contribution in [2.24, 2.45) is 0 Å². The number of aryl methyl sites for hydroxylation is 2. The van der Waals surface area contributed by atoms with Crippen molar-refractivity contribution in [1.82, 2.24) is 25.1 Å². The molecule has 2 N–H and O–H groups in total. The molecule has 1 saturated heterocycles. The van der Waals surface area contributed by atoms with Crippen LogP contribution in [0.5, 0.6) is 0 Å². The van der Waals surface area contributed by atoms with Gasteiger partial charge in [0, 0.05) is 36.2 Å². The lowest BCUT2D eigenvalue weighted by Crippen LogP contribution is -2.47. The number of carbonyl (C=O) groups excluding carboxylic acids is 1. The molecule has 5 rings (SSSR count). The van der Waals surface area contributed by atoms with Crippen molar-refractivity contribution in [3.63, 3.8) is 0 Å². The molecule has 1 aliphatic heterocycles. The first kappa shape index (κ1) is 18.6. The number of likely N-dealkylation sites (tertiary alicyclic amines) is 1. The molecule has 0 bridgehead atoms. The second kappa shape index (κ2) is 7.11. The highest BCUT2D eigenvalue weighted by Crippen LogP contribution is 2.46. The van der Waals surface area contributed by atoms with Gasteiger partial charge in [0.1, 0.15) is 11.6 Å². The monoisotopic (exact) mass is 394 g/mol. The number of aromatic nitrogens is 4. The minimum absolute atomic E-state index is 0.00384. The minimum atomic E-state index is -0.00384. The Kier molecular flexibility index (Phi) is 4.56. The number of nitrogens with one attached hydrogen (secondary N) is 2. The van der Waals surface area contributed by atoms with Crippen LogP contribution in [0.1, 0.15) is 73.1 Å². The zero-order chi connectivity index (χ0) is 20.0. The molecule has 29 heavy (non-hydrogen) atoms. The van der Waals surface area contributed by atoms with Crippen LogP contribution in [0, 0.1) is 6.92 Å². The molecule has 7 nitrogen and oxygen atoms in total. The average molecular weight is 395 g/mol. The molecule has 154 valence electrons. The van der Waals surface area contributed by atoms with Crippen molar-refractivity contribution < 1.29 is 4.79 Å². The summed E-state index contributed by atoms with van der Waals surface area (Å²) in [7, 11) is 0. The maximum Gasteiger partial charge on any atom is 0.222 e. The largest absolute Gasteiger partial charge is 0.364 e. The Morgan fingerprint density at radius 1 is 1.17 bits per heavy atom. The number of amides is 1. The summed E-state index contributed by atoms with van der Waals surface area (Å²) in [5, 5.41) is 11.3. The van der Waals surface area contributed by atoms with E-state index in [1.807, 2.05) is 13.8 Å². The Balaban J connectivity index is 1.42. The molecule has 0 radical (unpaired) electrons. The van der Waals surface area contributed by atoms with Gasteiger partial charge >= 0.3 is 0 Å². The summed E-state index contributed by atoms with van der Waals surface area (Å²) in [6, 6.07) is 0. The van der Waals surface area contributed by atoms with E-state index in [1.165, 1.54) is 28.9 Å². The molecule has 1 unspecified atom stereocenters. The van der Waals surface area contributed by atoms with Crippen LogP contribution in [0.15, 0.2) is 0 Å². The standard InChI is InChI=1S/C22H30N6O/c1-3-19(29)28-11-5-9-22(13-28)10-8-16-20(22)24-14(2)25-21(16)23-12-18-15-6-4-7-17(15)26-27-18/h3-13H2,1-2H3,(H,26,27)(H,23,24,25). The zero-order valence-electron chi connectivity index (χ0n) is 17.5. The molecule has 0 aromatic carbocycles. The number of fused-ring (bicyclic) bond motifs is 3. The second-order valence-electron chi connectivity index (χ2n) is 8.83. The first-order valence-corrected chi connectivity index (χ1v) is 11.0. The average Bonchev–Trinajstić information content (AvgIpc) is 3.42. The molecule has 2 aromatic heterocycles. The minimum Gasteiger partial charge on any atom is -0.364 e. The van der Waals surface area contributed by atoms with E-state index in [-0.39, 0.29) is 11.3 Å². The van der Waals surface area contributed by atoms with Crippen LogP contribution in [0.25, 0.3) is 0 Å². The summed E-state index contributed by atoms with van der Waals surface area (Å²) in [4.78, 5) is 24.1. The summed E-state index contributed by atoms with van der Waals surface area (Å²) in [5.74, 6) is 2.02. The van der Waals surface area contributed by atoms with Crippen LogP contribution in [-0.4, -0.2) is 44.1 Å². The molecule has 1 amide bonds. The first-order chi connectivity index (χ1) is 14.1. The van der Waals surface area contributed by atoms with Gasteiger partial charge in [-0.25, -0.2) is 9.97 Å². The summed E-state index contributed by atoms with van der Waals surface area (Å²) < 4.78 is 0. The van der Waals surface area contributed by atoms with Crippen LogP contribution in [-0.2, 0) is 36.0 Å². The molecule has 1 atom stereocenters. The fraction of sp³-hybridized carbons (Fsp3) is 0.636. The molecule has 7 heteroatoms. The number of hydrogen-bond donors (Lipinski definition) is 2. The maximum atomic E-state index is 12.4. The van der Waals surface area contributed by atoms with Gasteiger partial charge in [-0.15, -0.1) is 0 Å². The molecule has 1 spiro atoms. The Morgan fingerprint density at radius 3 is 2.93 bits per heavy atom. The van der Waals surface area contributed by atoms with Crippen LogP contribution in [0.4, 0.5) is 5.82 Å². The van der Waals surface area contributed by atoms with Crippen molar-refractivity contribution in [2.45, 2.75) is 77.2 Å². The van der Waals surface area contributed by atoms with Gasteiger partial charge in [0.25, 0.3) is 0 Å². The highest BCUT2D eigenvalue weighted by atomic mass is 16.2. The summed E-state index contributed by atoms with van der Waals surface area (Å²) in [5.41, 5.74) is 6.22. The fourth-order valence-corrected chi connectivity index (χ4v) is 5.57. The lowest BCUT2D eigenvalue weighted by Gasteiger charge is -2.40. The number of hydrogen-bond acceptors (Lipinski definition) is 5. The van der Waals surface area contributed by atoms with E-state index in [0.29, 0.717) is 13.0 Å². The van der Waals surface area contributed by atoms with Crippen LogP contribution >= 0.6 is 0 Å². The maximum absolute atomic E-state index is 12.4. The smallest absolute Gasteiger partial charge is 0.222 e. The van der Waals surface area contributed by atoms with Gasteiger partial charge in [-0.1, -0.05) is 6.92 Å². The Hall–Kier alpha value is -2.44. The summed E-state index contributed by atoms with van der Waals surface area (Å²) >= 11 is 0. The molecule has 3 heterocycles. The summed E-state index contributed by atoms with van der Waals surface area (Å²) in [6.45, 7) is 6.30. The van der Waals surface area contributed by atoms with Crippen LogP contribution in [0.3, 0.4) is 0 Å². The van der Waals surface area contributed by atoms with E-state index in [1.54, 1.807) is 0 Å². The van der Waals surface area contributed by atoms with Crippen LogP contribution < -0.4 is 5.32 Å². The third kappa shape index (κ3) is 3.11. The molecule has 3 aliphatic rings. The Bertz CT molecular complexity index is 951. The van der Waals surface area contributed by atoms with Crippen molar-refractivity contribution in [2.75, 3.05) is 18.4 Å². The van der Waals surface area contributed by atoms with Crippen molar-refractivity contribution >= 4 is 11.7 Å². The number of piperidine rings is 1. The van der Waals surface area contributed by atoms with Gasteiger partial charge in [0.05, 0.1) is 17.9 Å². The van der Waals surface area contributed by atoms with Gasteiger partial charge in [0.15, 0.2) is 0 Å². The van der Waals surface area contributed by atoms with E-state index in [0.717, 1.165) is 69.0 Å². The normalized spacial score (nSPS) is 22.8. The van der Waals surface area contributed by atoms with E-state index < -0.39 is 0 Å². The first-order valence-electron chi connectivity index (χ1n) is 11.0. The highest BCUT2D eigenvalue weighted by Gasteiger charge is 2.45. The highest BCUT2D eigenvalue weighted by molar-refractivity contribution is 5.76. The fourth-order valence-electron chi connectivity index (χ4n) is 5.57.